The van der Waals surface area contributed by atoms with Crippen molar-refractivity contribution in [1.29, 1.82) is 0 Å². The molecular weight excluding hydrogens is 720 g/mol. The van der Waals surface area contributed by atoms with Crippen LogP contribution in [0.2, 0.25) is 0 Å². The minimum atomic E-state index is -4.68. The van der Waals surface area contributed by atoms with Gasteiger partial charge in [-0.05, 0) is 142 Å². The molecule has 0 unspecified atom stereocenters. The van der Waals surface area contributed by atoms with Crippen LogP contribution in [0.5, 0.6) is 11.5 Å². The highest BCUT2D eigenvalue weighted by atomic mass is 31.2. The Hall–Kier alpha value is -4.37. The smallest absolute Gasteiger partial charge is 0.394 e. The molecule has 0 atom stereocenters. The van der Waals surface area contributed by atoms with Crippen molar-refractivity contribution in [2.24, 2.45) is 0 Å². The summed E-state index contributed by atoms with van der Waals surface area (Å²) in [5, 5.41) is 4.13. The van der Waals surface area contributed by atoms with Crippen LogP contribution in [-0.4, -0.2) is 4.89 Å². The van der Waals surface area contributed by atoms with Crippen LogP contribution in [-0.2, 0) is 4.57 Å². The van der Waals surface area contributed by atoms with E-state index in [1.807, 2.05) is 0 Å². The fourth-order valence-electron chi connectivity index (χ4n) is 11.8. The van der Waals surface area contributed by atoms with E-state index in [0.717, 1.165) is 54.9 Å². The summed E-state index contributed by atoms with van der Waals surface area (Å²) in [7, 11) is -4.68. The van der Waals surface area contributed by atoms with E-state index >= 15 is 0 Å². The zero-order valence-electron chi connectivity index (χ0n) is 33.0. The lowest BCUT2D eigenvalue weighted by Gasteiger charge is -2.23. The van der Waals surface area contributed by atoms with Gasteiger partial charge >= 0.3 is 7.82 Å². The van der Waals surface area contributed by atoms with Crippen molar-refractivity contribution in [1.82, 2.24) is 0 Å². The molecule has 0 amide bonds. The minimum absolute atomic E-state index is 0.445. The molecule has 1 heterocycles. The summed E-state index contributed by atoms with van der Waals surface area (Å²) >= 11 is 0. The molecule has 0 spiro atoms. The maximum atomic E-state index is 14.7. The number of hydrogen-bond acceptors (Lipinski definition) is 3. The van der Waals surface area contributed by atoms with Crippen LogP contribution in [0.15, 0.2) is 97.1 Å². The molecule has 0 saturated heterocycles. The summed E-state index contributed by atoms with van der Waals surface area (Å²) in [6.07, 6.45) is 19.8. The molecule has 0 aromatic heterocycles. The fourth-order valence-corrected chi connectivity index (χ4v) is 12.7. The highest BCUT2D eigenvalue weighted by Crippen LogP contribution is 2.62. The Morgan fingerprint density at radius 1 is 0.439 bits per heavy atom. The van der Waals surface area contributed by atoms with Crippen LogP contribution in [0, 0.1) is 0 Å². The van der Waals surface area contributed by atoms with Gasteiger partial charge in [0.15, 0.2) is 0 Å². The van der Waals surface area contributed by atoms with Gasteiger partial charge in [-0.3, -0.25) is 4.89 Å². The van der Waals surface area contributed by atoms with Gasteiger partial charge in [0.1, 0.15) is 11.5 Å². The molecule has 290 valence electrons. The first-order valence-corrected chi connectivity index (χ1v) is 23.6. The Balaban J connectivity index is 1.20. The van der Waals surface area contributed by atoms with Gasteiger partial charge in [0.2, 0.25) is 0 Å². The topological polar surface area (TPSA) is 55.8 Å². The van der Waals surface area contributed by atoms with Crippen LogP contribution in [0.3, 0.4) is 0 Å². The molecule has 5 heteroatoms. The van der Waals surface area contributed by atoms with Crippen molar-refractivity contribution < 1.29 is 18.5 Å². The summed E-state index contributed by atoms with van der Waals surface area (Å²) in [5.41, 5.74) is 11.3. The first kappa shape index (κ1) is 35.8. The van der Waals surface area contributed by atoms with Crippen molar-refractivity contribution in [2.45, 2.75) is 126 Å². The second-order valence-electron chi connectivity index (χ2n) is 18.0. The number of rotatable bonds is 6. The third-order valence-electron chi connectivity index (χ3n) is 14.6. The van der Waals surface area contributed by atoms with Crippen molar-refractivity contribution in [2.75, 3.05) is 0 Å². The molecule has 4 nitrogen and oxygen atoms in total. The zero-order chi connectivity index (χ0) is 38.1. The molecule has 57 heavy (non-hydrogen) atoms. The van der Waals surface area contributed by atoms with Gasteiger partial charge in [0.05, 0.1) is 0 Å². The van der Waals surface area contributed by atoms with Crippen LogP contribution in [0.25, 0.3) is 54.9 Å². The van der Waals surface area contributed by atoms with Gasteiger partial charge in [-0.15, -0.1) is 0 Å². The Morgan fingerprint density at radius 2 is 0.807 bits per heavy atom. The monoisotopic (exact) mass is 772 g/mol. The van der Waals surface area contributed by atoms with Gasteiger partial charge < -0.3 is 9.05 Å². The second-order valence-corrected chi connectivity index (χ2v) is 19.3. The Kier molecular flexibility index (Phi) is 9.08. The molecule has 6 aromatic rings. The van der Waals surface area contributed by atoms with Crippen molar-refractivity contribution in [3.05, 3.63) is 119 Å². The van der Waals surface area contributed by atoms with Gasteiger partial charge in [-0.25, -0.2) is 4.57 Å². The lowest BCUT2D eigenvalue weighted by Crippen LogP contribution is -2.04. The minimum Gasteiger partial charge on any atom is -0.394 e. The average molecular weight is 773 g/mol. The molecule has 4 saturated carbocycles. The second kappa shape index (κ2) is 14.5. The zero-order valence-corrected chi connectivity index (χ0v) is 33.9. The van der Waals surface area contributed by atoms with E-state index in [0.29, 0.717) is 35.2 Å². The fraction of sp³-hybridized carbons (Fsp3) is 0.385. The van der Waals surface area contributed by atoms with Gasteiger partial charge in [-0.1, -0.05) is 136 Å². The lowest BCUT2D eigenvalue weighted by molar-refractivity contribution is 0.295. The normalized spacial score (nSPS) is 20.2. The SMILES string of the molecule is O=P1(O)Oc2c(-c3ccc(C4CCCC4)cc3C3CCCC3)cc3ccccc3c2-c2c(c(-c3ccc(C4CCCC4)cc3C3CCCC3)cc3ccccc23)O1. The molecule has 1 aliphatic heterocycles. The van der Waals surface area contributed by atoms with E-state index in [-0.39, 0.29) is 0 Å². The molecule has 1 N–H and O–H groups in total. The predicted molar refractivity (Wildman–Crippen MR) is 234 cm³/mol. The van der Waals surface area contributed by atoms with Crippen LogP contribution >= 0.6 is 7.82 Å². The molecule has 4 fully saturated rings. The Morgan fingerprint density at radius 3 is 1.21 bits per heavy atom. The van der Waals surface area contributed by atoms with E-state index in [2.05, 4.69) is 97.1 Å². The van der Waals surface area contributed by atoms with Crippen molar-refractivity contribution in [3.63, 3.8) is 0 Å². The molecular formula is C52H53O4P. The quantitative estimate of drug-likeness (QED) is 0.171. The predicted octanol–water partition coefficient (Wildman–Crippen LogP) is 15.5. The summed E-state index contributed by atoms with van der Waals surface area (Å²) in [4.78, 5) is 12.0. The van der Waals surface area contributed by atoms with Gasteiger partial charge in [0.25, 0.3) is 0 Å². The Labute approximate surface area is 337 Å². The van der Waals surface area contributed by atoms with Crippen LogP contribution < -0.4 is 9.05 Å². The number of phosphoric ester groups is 1. The van der Waals surface area contributed by atoms with E-state index < -0.39 is 7.82 Å². The van der Waals surface area contributed by atoms with Crippen LogP contribution in [0.4, 0.5) is 0 Å². The van der Waals surface area contributed by atoms with E-state index in [9.17, 15) is 9.46 Å². The van der Waals surface area contributed by atoms with Gasteiger partial charge in [0, 0.05) is 22.3 Å². The summed E-state index contributed by atoms with van der Waals surface area (Å²) in [5.74, 6) is 3.00. The largest absolute Gasteiger partial charge is 0.584 e. The highest BCUT2D eigenvalue weighted by molar-refractivity contribution is 7.48. The summed E-state index contributed by atoms with van der Waals surface area (Å²) < 4.78 is 27.7. The summed E-state index contributed by atoms with van der Waals surface area (Å²) in [6, 6.07) is 35.6. The lowest BCUT2D eigenvalue weighted by atomic mass is 9.81. The molecule has 5 aliphatic rings. The molecule has 0 bridgehead atoms. The van der Waals surface area contributed by atoms with Crippen molar-refractivity contribution in [3.8, 4) is 44.9 Å². The molecule has 4 aliphatic carbocycles. The third kappa shape index (κ3) is 6.34. The highest BCUT2D eigenvalue weighted by Gasteiger charge is 2.39. The first-order valence-electron chi connectivity index (χ1n) is 22.1. The molecule has 11 rings (SSSR count). The first-order chi connectivity index (χ1) is 28.0. The van der Waals surface area contributed by atoms with Crippen molar-refractivity contribution >= 4 is 29.4 Å². The van der Waals surface area contributed by atoms with E-state index in [4.69, 9.17) is 9.05 Å². The van der Waals surface area contributed by atoms with E-state index in [1.54, 1.807) is 0 Å². The molecule has 6 aromatic carbocycles. The average Bonchev–Trinajstić information content (AvgIpc) is 4.09. The van der Waals surface area contributed by atoms with E-state index in [1.165, 1.54) is 125 Å². The third-order valence-corrected chi connectivity index (χ3v) is 15.5. The number of hydrogen-bond donors (Lipinski definition) is 1. The maximum absolute atomic E-state index is 14.7. The summed E-state index contributed by atoms with van der Waals surface area (Å²) in [6.45, 7) is 0. The number of fused-ring (bicyclic) bond motifs is 7. The van der Waals surface area contributed by atoms with Crippen LogP contribution in [0.1, 0.15) is 149 Å². The Bertz CT molecular complexity index is 2390. The maximum Gasteiger partial charge on any atom is 0.584 e. The number of phosphoric acid groups is 1. The number of benzene rings is 6. The van der Waals surface area contributed by atoms with Gasteiger partial charge in [-0.2, -0.15) is 0 Å². The standard InChI is InChI=1S/C52H53O4P/c53-57(54)55-51-47(43-27-25-37(33-13-1-2-14-33)29-45(43)35-17-5-6-18-35)31-39-21-9-11-23-41(39)49(51)50-42-24-12-10-22-40(42)32-48(52(50)56-57)44-28-26-38(34-15-3-4-16-34)30-46(44)36-19-7-8-20-36/h9-12,21-36H,1-8,13-20H2,(H,53,54). The molecule has 0 radical (unpaired) electrons.